The first kappa shape index (κ1) is 25.7. The van der Waals surface area contributed by atoms with E-state index < -0.39 is 39.2 Å². The van der Waals surface area contributed by atoms with Gasteiger partial charge in [0.1, 0.15) is 17.0 Å². The van der Waals surface area contributed by atoms with E-state index in [2.05, 4.69) is 25.6 Å². The van der Waals surface area contributed by atoms with E-state index in [1.54, 1.807) is 11.7 Å². The number of aromatic nitrogens is 4. The predicted octanol–water partition coefficient (Wildman–Crippen LogP) is 3.56. The summed E-state index contributed by atoms with van der Waals surface area (Å²) in [5, 5.41) is 5.98. The van der Waals surface area contributed by atoms with Crippen molar-refractivity contribution in [2.75, 3.05) is 37.1 Å². The molecule has 1 saturated heterocycles. The zero-order chi connectivity index (χ0) is 26.3. The largest absolute Gasteiger partial charge is 0.381 e. The molecule has 1 atom stereocenters. The van der Waals surface area contributed by atoms with Gasteiger partial charge < -0.3 is 15.4 Å². The number of ether oxygens (including phenoxy) is 1. The number of fused-ring (bicyclic) bond motifs is 1. The normalized spacial score (nSPS) is 23.0. The lowest BCUT2D eigenvalue weighted by atomic mass is 9.93. The summed E-state index contributed by atoms with van der Waals surface area (Å²) in [5.41, 5.74) is 0.169. The van der Waals surface area contributed by atoms with Crippen LogP contribution in [0.25, 0.3) is 11.2 Å². The monoisotopic (exact) mass is 539 g/mol. The molecule has 0 unspecified atom stereocenters. The number of rotatable bonds is 7. The van der Waals surface area contributed by atoms with Crippen LogP contribution in [0.4, 0.5) is 30.8 Å². The summed E-state index contributed by atoms with van der Waals surface area (Å²) in [7, 11) is -1.73. The van der Waals surface area contributed by atoms with Gasteiger partial charge in [0.15, 0.2) is 17.3 Å². The molecule has 2 fully saturated rings. The molecule has 1 aromatic carbocycles. The zero-order valence-electron chi connectivity index (χ0n) is 20.4. The minimum atomic E-state index is -3.44. The molecule has 2 aromatic heterocycles. The van der Waals surface area contributed by atoms with Gasteiger partial charge in [0, 0.05) is 38.4 Å². The maximum atomic E-state index is 14.4. The summed E-state index contributed by atoms with van der Waals surface area (Å²) >= 11 is 0. The second-order valence-electron chi connectivity index (χ2n) is 9.49. The van der Waals surface area contributed by atoms with Crippen LogP contribution in [0, 0.1) is 17.5 Å². The Bertz CT molecular complexity index is 1390. The minimum Gasteiger partial charge on any atom is -0.381 e. The summed E-state index contributed by atoms with van der Waals surface area (Å²) < 4.78 is 75.0. The summed E-state index contributed by atoms with van der Waals surface area (Å²) in [6, 6.07) is 0.889. The fraction of sp³-hybridized carbons (Fsp3) is 0.522. The van der Waals surface area contributed by atoms with Crippen LogP contribution in [0.3, 0.4) is 0 Å². The quantitative estimate of drug-likeness (QED) is 0.469. The Balaban J connectivity index is 1.51. The smallest absolute Gasteiger partial charge is 0.224 e. The molecule has 14 heteroatoms. The molecule has 200 valence electrons. The van der Waals surface area contributed by atoms with Gasteiger partial charge in [-0.2, -0.15) is 4.98 Å². The number of halogens is 3. The Kier molecular flexibility index (Phi) is 6.98. The highest BCUT2D eigenvalue weighted by molar-refractivity contribution is 7.88. The highest BCUT2D eigenvalue weighted by atomic mass is 32.2. The Hall–Kier alpha value is -2.97. The van der Waals surface area contributed by atoms with Gasteiger partial charge in [0.25, 0.3) is 0 Å². The lowest BCUT2D eigenvalue weighted by molar-refractivity contribution is 0.0681. The van der Waals surface area contributed by atoms with Gasteiger partial charge in [0.2, 0.25) is 21.9 Å². The van der Waals surface area contributed by atoms with Crippen molar-refractivity contribution in [3.63, 3.8) is 0 Å². The van der Waals surface area contributed by atoms with Crippen LogP contribution in [0.1, 0.15) is 38.1 Å². The van der Waals surface area contributed by atoms with E-state index in [1.807, 2.05) is 0 Å². The van der Waals surface area contributed by atoms with Crippen LogP contribution in [-0.2, 0) is 14.8 Å². The topological polar surface area (TPSA) is 114 Å². The Morgan fingerprint density at radius 1 is 1.05 bits per heavy atom. The van der Waals surface area contributed by atoms with Gasteiger partial charge >= 0.3 is 0 Å². The number of hydrogen-bond donors (Lipinski definition) is 2. The summed E-state index contributed by atoms with van der Waals surface area (Å²) in [6.07, 6.45) is 6.93. The van der Waals surface area contributed by atoms with E-state index in [-0.39, 0.29) is 31.2 Å². The highest BCUT2D eigenvalue weighted by Crippen LogP contribution is 2.34. The maximum absolute atomic E-state index is 14.4. The van der Waals surface area contributed by atoms with Crippen LogP contribution in [0.2, 0.25) is 0 Å². The van der Waals surface area contributed by atoms with Gasteiger partial charge in [-0.25, -0.2) is 35.9 Å². The molecule has 1 aliphatic carbocycles. The Morgan fingerprint density at radius 2 is 1.76 bits per heavy atom. The molecule has 0 radical (unpaired) electrons. The van der Waals surface area contributed by atoms with Crippen molar-refractivity contribution in [1.82, 2.24) is 23.8 Å². The average Bonchev–Trinajstić information content (AvgIpc) is 3.46. The third-order valence-corrected chi connectivity index (χ3v) is 8.25. The van der Waals surface area contributed by atoms with Crippen LogP contribution in [0.5, 0.6) is 0 Å². The Morgan fingerprint density at radius 3 is 2.38 bits per heavy atom. The maximum Gasteiger partial charge on any atom is 0.224 e. The fourth-order valence-electron chi connectivity index (χ4n) is 5.02. The zero-order valence-corrected chi connectivity index (χ0v) is 21.2. The second kappa shape index (κ2) is 10.1. The van der Waals surface area contributed by atoms with Crippen molar-refractivity contribution >= 4 is 38.8 Å². The number of methoxy groups -OCH3 is 1. The summed E-state index contributed by atoms with van der Waals surface area (Å²) in [4.78, 5) is 13.5. The molecule has 37 heavy (non-hydrogen) atoms. The number of imidazole rings is 1. The predicted molar refractivity (Wildman–Crippen MR) is 132 cm³/mol. The molecule has 1 saturated carbocycles. The van der Waals surface area contributed by atoms with E-state index >= 15 is 0 Å². The number of nitrogens with zero attached hydrogens (tertiary/aromatic N) is 5. The summed E-state index contributed by atoms with van der Waals surface area (Å²) in [6.45, 7) is 0.419. The number of hydrogen-bond acceptors (Lipinski definition) is 8. The molecule has 2 aliphatic rings. The van der Waals surface area contributed by atoms with Crippen molar-refractivity contribution < 1.29 is 26.3 Å². The molecule has 0 amide bonds. The van der Waals surface area contributed by atoms with Gasteiger partial charge in [-0.05, 0) is 32.1 Å². The number of benzene rings is 1. The third-order valence-electron chi connectivity index (χ3n) is 6.98. The number of nitrogens with one attached hydrogen (secondary N) is 2. The van der Waals surface area contributed by atoms with Crippen LogP contribution in [0.15, 0.2) is 18.3 Å². The van der Waals surface area contributed by atoms with E-state index in [1.165, 1.54) is 10.5 Å². The number of anilines is 3. The average molecular weight is 540 g/mol. The molecular weight excluding hydrogens is 511 g/mol. The second-order valence-corrected chi connectivity index (χ2v) is 11.5. The molecule has 10 nitrogen and oxygen atoms in total. The molecule has 3 heterocycles. The molecule has 5 rings (SSSR count). The standard InChI is InChI=1S/C23H28F3N7O3S/c1-36-16-5-3-14(4-6-16)28-22-27-11-19-21(31-22)33(15-7-8-32(12-15)37(2,34)35)23(29-19)30-20-17(25)9-13(24)10-18(20)26/h9-11,14-16H,3-8,12H2,1-2H3,(H,29,30)(H,27,28,31)/t14-,15-,16-/m1/s1. The van der Waals surface area contributed by atoms with Crippen molar-refractivity contribution in [1.29, 1.82) is 0 Å². The SMILES string of the molecule is CO[C@H]1CC[C@H](Nc2ncc3nc(Nc4c(F)cc(F)cc4F)n([C@@H]4CCN(S(C)(=O)=O)C4)c3n2)CC1. The lowest BCUT2D eigenvalue weighted by Crippen LogP contribution is -2.30. The fourth-order valence-corrected chi connectivity index (χ4v) is 5.90. The van der Waals surface area contributed by atoms with Crippen LogP contribution < -0.4 is 10.6 Å². The molecule has 0 bridgehead atoms. The van der Waals surface area contributed by atoms with Gasteiger partial charge in [-0.15, -0.1) is 0 Å². The first-order valence-electron chi connectivity index (χ1n) is 12.0. The van der Waals surface area contributed by atoms with E-state index in [0.29, 0.717) is 35.7 Å². The van der Waals surface area contributed by atoms with Crippen LogP contribution >= 0.6 is 0 Å². The highest BCUT2D eigenvalue weighted by Gasteiger charge is 2.33. The van der Waals surface area contributed by atoms with Crippen LogP contribution in [-0.4, -0.2) is 70.8 Å². The third kappa shape index (κ3) is 5.36. The first-order valence-corrected chi connectivity index (χ1v) is 13.9. The Labute approximate surface area is 212 Å². The first-order chi connectivity index (χ1) is 17.6. The molecule has 1 aliphatic heterocycles. The molecular formula is C23H28F3N7O3S. The lowest BCUT2D eigenvalue weighted by Gasteiger charge is -2.28. The molecule has 2 N–H and O–H groups in total. The number of sulfonamides is 1. The van der Waals surface area contributed by atoms with Gasteiger partial charge in [0.05, 0.1) is 24.6 Å². The van der Waals surface area contributed by atoms with E-state index in [9.17, 15) is 21.6 Å². The van der Waals surface area contributed by atoms with E-state index in [4.69, 9.17) is 4.74 Å². The van der Waals surface area contributed by atoms with Crippen molar-refractivity contribution in [2.24, 2.45) is 0 Å². The van der Waals surface area contributed by atoms with Crippen molar-refractivity contribution in [2.45, 2.75) is 50.3 Å². The van der Waals surface area contributed by atoms with Crippen molar-refractivity contribution in [3.8, 4) is 0 Å². The summed E-state index contributed by atoms with van der Waals surface area (Å²) in [5.74, 6) is -2.87. The minimum absolute atomic E-state index is 0.0480. The molecule has 0 spiro atoms. The van der Waals surface area contributed by atoms with Crippen molar-refractivity contribution in [3.05, 3.63) is 35.8 Å². The molecule has 3 aromatic rings. The van der Waals surface area contributed by atoms with Gasteiger partial charge in [-0.1, -0.05) is 0 Å². The van der Waals surface area contributed by atoms with E-state index in [0.717, 1.165) is 31.9 Å². The van der Waals surface area contributed by atoms with Gasteiger partial charge in [-0.3, -0.25) is 4.57 Å².